The largest absolute Gasteiger partial charge is 0.480 e. The van der Waals surface area contributed by atoms with Gasteiger partial charge in [-0.1, -0.05) is 6.92 Å². The van der Waals surface area contributed by atoms with Crippen LogP contribution in [0.15, 0.2) is 0 Å². The molecule has 1 amide bonds. The van der Waals surface area contributed by atoms with Crippen LogP contribution in [0.5, 0.6) is 0 Å². The molecule has 0 spiro atoms. The fourth-order valence-corrected chi connectivity index (χ4v) is 1.96. The SMILES string of the molecule is CC1CCN(C(=O)COC(C)(C)C)C1C(=O)O. The van der Waals surface area contributed by atoms with Gasteiger partial charge in [0, 0.05) is 6.54 Å². The van der Waals surface area contributed by atoms with Gasteiger partial charge in [0.05, 0.1) is 5.60 Å². The average Bonchev–Trinajstić information content (AvgIpc) is 2.55. The first-order valence-electron chi connectivity index (χ1n) is 5.88. The number of carboxylic acid groups (broad SMARTS) is 1. The van der Waals surface area contributed by atoms with E-state index in [-0.39, 0.29) is 24.0 Å². The fraction of sp³-hybridized carbons (Fsp3) is 0.833. The molecule has 5 nitrogen and oxygen atoms in total. The first-order chi connectivity index (χ1) is 7.72. The Balaban J connectivity index is 2.60. The highest BCUT2D eigenvalue weighted by Gasteiger charge is 2.39. The number of rotatable bonds is 3. The lowest BCUT2D eigenvalue weighted by atomic mass is 10.0. The monoisotopic (exact) mass is 243 g/mol. The molecule has 2 unspecified atom stereocenters. The fourth-order valence-electron chi connectivity index (χ4n) is 1.96. The van der Waals surface area contributed by atoms with Gasteiger partial charge in [-0.3, -0.25) is 4.79 Å². The molecular formula is C12H21NO4. The van der Waals surface area contributed by atoms with Crippen LogP contribution in [0.25, 0.3) is 0 Å². The highest BCUT2D eigenvalue weighted by Crippen LogP contribution is 2.24. The smallest absolute Gasteiger partial charge is 0.326 e. The van der Waals surface area contributed by atoms with Crippen molar-refractivity contribution < 1.29 is 19.4 Å². The number of carboxylic acids is 1. The molecule has 0 radical (unpaired) electrons. The highest BCUT2D eigenvalue weighted by molar-refractivity contribution is 5.85. The molecule has 0 aromatic rings. The first-order valence-corrected chi connectivity index (χ1v) is 5.88. The molecule has 98 valence electrons. The molecule has 1 saturated heterocycles. The molecule has 1 N–H and O–H groups in total. The summed E-state index contributed by atoms with van der Waals surface area (Å²) in [5, 5.41) is 9.10. The van der Waals surface area contributed by atoms with Crippen LogP contribution in [0.3, 0.4) is 0 Å². The number of nitrogens with zero attached hydrogens (tertiary/aromatic N) is 1. The quantitative estimate of drug-likeness (QED) is 0.806. The van der Waals surface area contributed by atoms with Crippen molar-refractivity contribution in [2.24, 2.45) is 5.92 Å². The molecule has 0 saturated carbocycles. The molecule has 5 heteroatoms. The van der Waals surface area contributed by atoms with Gasteiger partial charge in [0.2, 0.25) is 5.91 Å². The number of likely N-dealkylation sites (tertiary alicyclic amines) is 1. The molecule has 0 bridgehead atoms. The number of ether oxygens (including phenoxy) is 1. The third-order valence-corrected chi connectivity index (χ3v) is 2.90. The molecule has 1 heterocycles. The van der Waals surface area contributed by atoms with E-state index in [9.17, 15) is 9.59 Å². The minimum Gasteiger partial charge on any atom is -0.480 e. The number of carbonyl (C=O) groups excluding carboxylic acids is 1. The Bertz CT molecular complexity index is 308. The minimum absolute atomic E-state index is 0.00564. The van der Waals surface area contributed by atoms with Gasteiger partial charge in [-0.15, -0.1) is 0 Å². The zero-order chi connectivity index (χ0) is 13.2. The van der Waals surface area contributed by atoms with Gasteiger partial charge in [-0.25, -0.2) is 4.79 Å². The van der Waals surface area contributed by atoms with Crippen LogP contribution in [-0.2, 0) is 14.3 Å². The standard InChI is InChI=1S/C12H21NO4/c1-8-5-6-13(10(8)11(15)16)9(14)7-17-12(2,3)4/h8,10H,5-7H2,1-4H3,(H,15,16). The van der Waals surface area contributed by atoms with E-state index in [4.69, 9.17) is 9.84 Å². The van der Waals surface area contributed by atoms with E-state index in [1.165, 1.54) is 4.90 Å². The summed E-state index contributed by atoms with van der Waals surface area (Å²) in [6, 6.07) is -0.703. The van der Waals surface area contributed by atoms with Crippen LogP contribution in [0.1, 0.15) is 34.1 Å². The molecule has 1 aliphatic rings. The predicted octanol–water partition coefficient (Wildman–Crippen LogP) is 1.12. The zero-order valence-corrected chi connectivity index (χ0v) is 10.9. The third kappa shape index (κ3) is 3.70. The summed E-state index contributed by atoms with van der Waals surface area (Å²) >= 11 is 0. The number of hydrogen-bond donors (Lipinski definition) is 1. The highest BCUT2D eigenvalue weighted by atomic mass is 16.5. The number of amides is 1. The van der Waals surface area contributed by atoms with Crippen molar-refractivity contribution in [3.05, 3.63) is 0 Å². The summed E-state index contributed by atoms with van der Waals surface area (Å²) in [5.74, 6) is -1.16. The van der Waals surface area contributed by atoms with E-state index in [1.54, 1.807) is 0 Å². The van der Waals surface area contributed by atoms with Crippen LogP contribution in [0.4, 0.5) is 0 Å². The lowest BCUT2D eigenvalue weighted by Crippen LogP contribution is -2.45. The Morgan fingerprint density at radius 2 is 2.00 bits per heavy atom. The number of carbonyl (C=O) groups is 2. The van der Waals surface area contributed by atoms with Crippen LogP contribution < -0.4 is 0 Å². The molecule has 0 aromatic heterocycles. The van der Waals surface area contributed by atoms with E-state index >= 15 is 0 Å². The Morgan fingerprint density at radius 3 is 2.47 bits per heavy atom. The van der Waals surface area contributed by atoms with Gasteiger partial charge in [0.15, 0.2) is 0 Å². The molecule has 1 rings (SSSR count). The van der Waals surface area contributed by atoms with E-state index < -0.39 is 12.0 Å². The van der Waals surface area contributed by atoms with Gasteiger partial charge in [0.25, 0.3) is 0 Å². The van der Waals surface area contributed by atoms with Crippen molar-refractivity contribution in [1.82, 2.24) is 4.90 Å². The van der Waals surface area contributed by atoms with E-state index in [0.29, 0.717) is 6.54 Å². The molecule has 1 aliphatic heterocycles. The lowest BCUT2D eigenvalue weighted by molar-refractivity contribution is -0.153. The second-order valence-corrected chi connectivity index (χ2v) is 5.54. The van der Waals surface area contributed by atoms with Crippen molar-refractivity contribution >= 4 is 11.9 Å². The molecule has 0 aliphatic carbocycles. The Hall–Kier alpha value is -1.10. The summed E-state index contributed by atoms with van der Waals surface area (Å²) in [5.41, 5.74) is -0.389. The maximum Gasteiger partial charge on any atom is 0.326 e. The second-order valence-electron chi connectivity index (χ2n) is 5.54. The van der Waals surface area contributed by atoms with Crippen molar-refractivity contribution in [1.29, 1.82) is 0 Å². The van der Waals surface area contributed by atoms with Gasteiger partial charge >= 0.3 is 5.97 Å². The van der Waals surface area contributed by atoms with Crippen molar-refractivity contribution in [3.8, 4) is 0 Å². The number of aliphatic carboxylic acids is 1. The number of hydrogen-bond acceptors (Lipinski definition) is 3. The Labute approximate surface area is 102 Å². The normalized spacial score (nSPS) is 25.1. The van der Waals surface area contributed by atoms with Gasteiger partial charge in [-0.05, 0) is 33.1 Å². The first kappa shape index (κ1) is 14.0. The molecule has 1 fully saturated rings. The molecular weight excluding hydrogens is 222 g/mol. The topological polar surface area (TPSA) is 66.8 Å². The van der Waals surface area contributed by atoms with Crippen molar-refractivity contribution in [3.63, 3.8) is 0 Å². The zero-order valence-electron chi connectivity index (χ0n) is 10.9. The van der Waals surface area contributed by atoms with Crippen LogP contribution >= 0.6 is 0 Å². The van der Waals surface area contributed by atoms with Gasteiger partial charge in [0.1, 0.15) is 12.6 Å². The maximum atomic E-state index is 11.9. The van der Waals surface area contributed by atoms with E-state index in [0.717, 1.165) is 6.42 Å². The predicted molar refractivity (Wildman–Crippen MR) is 62.6 cm³/mol. The van der Waals surface area contributed by atoms with E-state index in [1.807, 2.05) is 27.7 Å². The second kappa shape index (κ2) is 5.04. The average molecular weight is 243 g/mol. The Kier molecular flexibility index (Phi) is 4.14. The third-order valence-electron chi connectivity index (χ3n) is 2.90. The Morgan fingerprint density at radius 1 is 1.41 bits per heavy atom. The van der Waals surface area contributed by atoms with Gasteiger partial charge < -0.3 is 14.7 Å². The van der Waals surface area contributed by atoms with Crippen LogP contribution in [0, 0.1) is 5.92 Å². The lowest BCUT2D eigenvalue weighted by Gasteiger charge is -2.25. The molecule has 0 aromatic carbocycles. The summed E-state index contributed by atoms with van der Waals surface area (Å²) < 4.78 is 5.38. The molecule has 2 atom stereocenters. The van der Waals surface area contributed by atoms with Crippen molar-refractivity contribution in [2.75, 3.05) is 13.2 Å². The van der Waals surface area contributed by atoms with E-state index in [2.05, 4.69) is 0 Å². The summed E-state index contributed by atoms with van der Waals surface area (Å²) in [6.45, 7) is 7.89. The summed E-state index contributed by atoms with van der Waals surface area (Å²) in [7, 11) is 0. The van der Waals surface area contributed by atoms with Crippen LogP contribution in [0.2, 0.25) is 0 Å². The minimum atomic E-state index is -0.931. The summed E-state index contributed by atoms with van der Waals surface area (Å²) in [6.07, 6.45) is 0.734. The summed E-state index contributed by atoms with van der Waals surface area (Å²) in [4.78, 5) is 24.4. The van der Waals surface area contributed by atoms with Crippen LogP contribution in [-0.4, -0.2) is 46.7 Å². The van der Waals surface area contributed by atoms with Gasteiger partial charge in [-0.2, -0.15) is 0 Å². The molecule has 17 heavy (non-hydrogen) atoms. The van der Waals surface area contributed by atoms with Crippen molar-refractivity contribution in [2.45, 2.75) is 45.8 Å². The maximum absolute atomic E-state index is 11.9.